The fraction of sp³-hybridized carbons (Fsp3) is 0.533. The first-order valence-electron chi connectivity index (χ1n) is 7.33. The summed E-state index contributed by atoms with van der Waals surface area (Å²) in [6.07, 6.45) is -16.4. The summed E-state index contributed by atoms with van der Waals surface area (Å²) in [5.74, 6) is 0.0438. The second-order valence-electron chi connectivity index (χ2n) is 5.66. The Labute approximate surface area is 144 Å². The summed E-state index contributed by atoms with van der Waals surface area (Å²) in [6.45, 7) is 0.0170. The van der Waals surface area contributed by atoms with Crippen LogP contribution in [0.1, 0.15) is 24.3 Å². The first-order valence-corrected chi connectivity index (χ1v) is 7.70. The number of nitrogens with zero attached hydrogens (tertiary/aromatic N) is 1. The van der Waals surface area contributed by atoms with Crippen LogP contribution in [0.15, 0.2) is 24.3 Å². The maximum atomic E-state index is 12.4. The van der Waals surface area contributed by atoms with Gasteiger partial charge in [0, 0.05) is 18.1 Å². The van der Waals surface area contributed by atoms with E-state index in [1.807, 2.05) is 0 Å². The van der Waals surface area contributed by atoms with Crippen LogP contribution in [-0.4, -0.2) is 42.5 Å². The van der Waals surface area contributed by atoms with E-state index < -0.39 is 24.5 Å². The lowest BCUT2D eigenvalue weighted by Crippen LogP contribution is -2.49. The number of hydrogen-bond donors (Lipinski definition) is 0. The molecule has 1 aliphatic heterocycles. The quantitative estimate of drug-likeness (QED) is 0.655. The molecule has 0 saturated carbocycles. The number of benzene rings is 1. The fourth-order valence-electron chi connectivity index (χ4n) is 2.62. The third-order valence-electron chi connectivity index (χ3n) is 3.91. The highest BCUT2D eigenvalue weighted by Gasteiger charge is 2.60. The zero-order valence-electron chi connectivity index (χ0n) is 12.7. The third kappa shape index (κ3) is 5.17. The lowest BCUT2D eigenvalue weighted by atomic mass is 9.90. The van der Waals surface area contributed by atoms with Gasteiger partial charge >= 0.3 is 18.4 Å². The summed E-state index contributed by atoms with van der Waals surface area (Å²) in [6, 6.07) is 6.97. The predicted molar refractivity (Wildman–Crippen MR) is 77.4 cm³/mol. The van der Waals surface area contributed by atoms with Gasteiger partial charge in [0.15, 0.2) is 0 Å². The molecule has 0 radical (unpaired) electrons. The van der Waals surface area contributed by atoms with Crippen molar-refractivity contribution in [3.8, 4) is 0 Å². The second-order valence-corrected chi connectivity index (χ2v) is 6.10. The van der Waals surface area contributed by atoms with Crippen LogP contribution < -0.4 is 0 Å². The third-order valence-corrected chi connectivity index (χ3v) is 4.16. The standard InChI is InChI=1S/C15H14ClF6NO2/c16-11-3-1-9(2-4-11)10-5-7-23(8-6-10)13(24)25-12(14(17,18)19)15(20,21)22/h1-4,10,12H,5-8H2. The van der Waals surface area contributed by atoms with E-state index in [4.69, 9.17) is 11.6 Å². The van der Waals surface area contributed by atoms with Crippen LogP contribution in [0, 0.1) is 0 Å². The number of piperidine rings is 1. The first kappa shape index (κ1) is 19.7. The molecule has 1 aliphatic rings. The maximum Gasteiger partial charge on any atom is 0.434 e. The molecular formula is C15H14ClF6NO2. The largest absolute Gasteiger partial charge is 0.434 e. The highest BCUT2D eigenvalue weighted by Crippen LogP contribution is 2.36. The lowest BCUT2D eigenvalue weighted by molar-refractivity contribution is -0.308. The number of amides is 1. The zero-order valence-corrected chi connectivity index (χ0v) is 13.5. The van der Waals surface area contributed by atoms with Gasteiger partial charge < -0.3 is 9.64 Å². The van der Waals surface area contributed by atoms with Crippen LogP contribution in [-0.2, 0) is 4.74 Å². The number of carbonyl (C=O) groups excluding carboxylic acids is 1. The van der Waals surface area contributed by atoms with E-state index >= 15 is 0 Å². The Balaban J connectivity index is 1.95. The molecule has 25 heavy (non-hydrogen) atoms. The molecular weight excluding hydrogens is 376 g/mol. The van der Waals surface area contributed by atoms with Gasteiger partial charge in [-0.1, -0.05) is 23.7 Å². The van der Waals surface area contributed by atoms with E-state index in [9.17, 15) is 31.1 Å². The van der Waals surface area contributed by atoms with Gasteiger partial charge in [-0.3, -0.25) is 0 Å². The molecule has 1 saturated heterocycles. The van der Waals surface area contributed by atoms with E-state index in [1.165, 1.54) is 0 Å². The smallest absolute Gasteiger partial charge is 0.426 e. The highest BCUT2D eigenvalue weighted by atomic mass is 35.5. The van der Waals surface area contributed by atoms with Crippen molar-refractivity contribution in [2.75, 3.05) is 13.1 Å². The van der Waals surface area contributed by atoms with Crippen LogP contribution in [0.25, 0.3) is 0 Å². The monoisotopic (exact) mass is 389 g/mol. The number of halogens is 7. The van der Waals surface area contributed by atoms with Gasteiger partial charge in [-0.15, -0.1) is 0 Å². The van der Waals surface area contributed by atoms with E-state index in [-0.39, 0.29) is 19.0 Å². The van der Waals surface area contributed by atoms with Crippen LogP contribution >= 0.6 is 11.6 Å². The number of carbonyl (C=O) groups is 1. The van der Waals surface area contributed by atoms with Gasteiger partial charge in [-0.05, 0) is 36.5 Å². The molecule has 1 heterocycles. The van der Waals surface area contributed by atoms with Gasteiger partial charge in [0.25, 0.3) is 6.10 Å². The second kappa shape index (κ2) is 7.31. The Morgan fingerprint density at radius 1 is 1.04 bits per heavy atom. The van der Waals surface area contributed by atoms with Crippen molar-refractivity contribution < 1.29 is 35.9 Å². The molecule has 1 aromatic carbocycles. The van der Waals surface area contributed by atoms with Crippen molar-refractivity contribution in [3.05, 3.63) is 34.9 Å². The minimum Gasteiger partial charge on any atom is -0.426 e. The fourth-order valence-corrected chi connectivity index (χ4v) is 2.75. The molecule has 3 nitrogen and oxygen atoms in total. The van der Waals surface area contributed by atoms with Crippen molar-refractivity contribution in [1.82, 2.24) is 4.90 Å². The van der Waals surface area contributed by atoms with E-state index in [2.05, 4.69) is 4.74 Å². The molecule has 1 fully saturated rings. The number of alkyl halides is 6. The molecule has 1 aromatic rings. The summed E-state index contributed by atoms with van der Waals surface area (Å²) < 4.78 is 78.3. The topological polar surface area (TPSA) is 29.5 Å². The van der Waals surface area contributed by atoms with Gasteiger partial charge in [-0.2, -0.15) is 26.3 Å². The van der Waals surface area contributed by atoms with Gasteiger partial charge in [0.1, 0.15) is 0 Å². The molecule has 0 aromatic heterocycles. The molecule has 0 N–H and O–H groups in total. The van der Waals surface area contributed by atoms with Gasteiger partial charge in [0.05, 0.1) is 0 Å². The molecule has 0 bridgehead atoms. The molecule has 0 spiro atoms. The summed E-state index contributed by atoms with van der Waals surface area (Å²) in [4.78, 5) is 12.5. The molecule has 10 heteroatoms. The number of likely N-dealkylation sites (tertiary alicyclic amines) is 1. The first-order chi connectivity index (χ1) is 11.5. The molecule has 0 aliphatic carbocycles. The molecule has 140 valence electrons. The Bertz CT molecular complexity index is 580. The van der Waals surface area contributed by atoms with Crippen molar-refractivity contribution in [2.24, 2.45) is 0 Å². The number of ether oxygens (including phenoxy) is 1. The summed E-state index contributed by atoms with van der Waals surface area (Å²) >= 11 is 5.78. The zero-order chi connectivity index (χ0) is 18.8. The van der Waals surface area contributed by atoms with Crippen molar-refractivity contribution in [1.29, 1.82) is 0 Å². The molecule has 2 rings (SSSR count). The SMILES string of the molecule is O=C(OC(C(F)(F)F)C(F)(F)F)N1CCC(c2ccc(Cl)cc2)CC1. The van der Waals surface area contributed by atoms with E-state index in [0.717, 1.165) is 10.5 Å². The van der Waals surface area contributed by atoms with Crippen molar-refractivity contribution in [3.63, 3.8) is 0 Å². The minimum absolute atomic E-state index is 0.00849. The van der Waals surface area contributed by atoms with E-state index in [0.29, 0.717) is 17.9 Å². The van der Waals surface area contributed by atoms with Crippen LogP contribution in [0.5, 0.6) is 0 Å². The molecule has 0 unspecified atom stereocenters. The molecule has 1 amide bonds. The summed E-state index contributed by atoms with van der Waals surface area (Å²) in [5.41, 5.74) is 0.945. The van der Waals surface area contributed by atoms with Crippen LogP contribution in [0.3, 0.4) is 0 Å². The highest BCUT2D eigenvalue weighted by molar-refractivity contribution is 6.30. The van der Waals surface area contributed by atoms with Crippen LogP contribution in [0.4, 0.5) is 31.1 Å². The predicted octanol–water partition coefficient (Wildman–Crippen LogP) is 5.15. The summed E-state index contributed by atoms with van der Waals surface area (Å²) in [5, 5.41) is 0.551. The Morgan fingerprint density at radius 3 is 1.96 bits per heavy atom. The van der Waals surface area contributed by atoms with Crippen LogP contribution in [0.2, 0.25) is 5.02 Å². The lowest BCUT2D eigenvalue weighted by Gasteiger charge is -2.33. The average Bonchev–Trinajstić information content (AvgIpc) is 2.51. The van der Waals surface area contributed by atoms with Gasteiger partial charge in [0.2, 0.25) is 0 Å². The Morgan fingerprint density at radius 2 is 1.52 bits per heavy atom. The van der Waals surface area contributed by atoms with Crippen molar-refractivity contribution >= 4 is 17.7 Å². The summed E-state index contributed by atoms with van der Waals surface area (Å²) in [7, 11) is 0. The average molecular weight is 390 g/mol. The van der Waals surface area contributed by atoms with E-state index in [1.54, 1.807) is 24.3 Å². The Kier molecular flexibility index (Phi) is 5.75. The number of rotatable bonds is 2. The maximum absolute atomic E-state index is 12.4. The van der Waals surface area contributed by atoms with Crippen molar-refractivity contribution in [2.45, 2.75) is 37.2 Å². The molecule has 0 atom stereocenters. The normalized spacial score (nSPS) is 17.0. The Hall–Kier alpha value is -1.64. The minimum atomic E-state index is -5.71. The van der Waals surface area contributed by atoms with Gasteiger partial charge in [-0.25, -0.2) is 4.79 Å². The number of hydrogen-bond acceptors (Lipinski definition) is 2.